The third-order valence-corrected chi connectivity index (χ3v) is 4.79. The molecule has 0 aromatic heterocycles. The van der Waals surface area contributed by atoms with Crippen LogP contribution in [0.5, 0.6) is 5.75 Å². The Morgan fingerprint density at radius 1 is 1.00 bits per heavy atom. The predicted octanol–water partition coefficient (Wildman–Crippen LogP) is 3.98. The summed E-state index contributed by atoms with van der Waals surface area (Å²) in [7, 11) is 0. The Morgan fingerprint density at radius 3 is 2.26 bits per heavy atom. The fourth-order valence-electron chi connectivity index (χ4n) is 2.85. The molecule has 31 heavy (non-hydrogen) atoms. The molecule has 0 fully saturated rings. The molecule has 2 aromatic carbocycles. The van der Waals surface area contributed by atoms with E-state index in [0.717, 1.165) is 16.7 Å². The molecule has 2 amide bonds. The molecule has 0 bridgehead atoms. The Balaban J connectivity index is 1.77. The normalized spacial score (nSPS) is 11.4. The maximum Gasteiger partial charge on any atom is 0.347 e. The summed E-state index contributed by atoms with van der Waals surface area (Å²) in [5.41, 5.74) is 3.67. The number of halogens is 2. The van der Waals surface area contributed by atoms with Crippen LogP contribution in [0, 0.1) is 20.8 Å². The Kier molecular flexibility index (Phi) is 8.71. The molecular weight excluding hydrogens is 443 g/mol. The summed E-state index contributed by atoms with van der Waals surface area (Å²) in [5, 5.41) is 5.86. The minimum atomic E-state index is -0.998. The highest BCUT2D eigenvalue weighted by Gasteiger charge is 2.19. The number of nitrogens with one attached hydrogen (secondary N) is 2. The third kappa shape index (κ3) is 7.45. The van der Waals surface area contributed by atoms with Gasteiger partial charge in [0.1, 0.15) is 5.75 Å². The van der Waals surface area contributed by atoms with Crippen molar-refractivity contribution in [2.45, 2.75) is 33.8 Å². The Bertz CT molecular complexity index is 971. The highest BCUT2D eigenvalue weighted by Crippen LogP contribution is 2.28. The van der Waals surface area contributed by atoms with Gasteiger partial charge in [0.05, 0.1) is 11.6 Å². The van der Waals surface area contributed by atoms with Gasteiger partial charge in [0.15, 0.2) is 12.7 Å². The molecule has 0 aliphatic rings. The summed E-state index contributed by atoms with van der Waals surface area (Å²) in [6, 6.07) is 8.49. The first-order valence-electron chi connectivity index (χ1n) is 9.49. The van der Waals surface area contributed by atoms with E-state index in [1.165, 1.54) is 19.1 Å². The molecule has 0 radical (unpaired) electrons. The minimum absolute atomic E-state index is 0.245. The van der Waals surface area contributed by atoms with Crippen molar-refractivity contribution in [1.29, 1.82) is 0 Å². The molecule has 2 N–H and O–H groups in total. The van der Waals surface area contributed by atoms with Crippen LogP contribution in [-0.2, 0) is 19.1 Å². The zero-order valence-electron chi connectivity index (χ0n) is 17.7. The Labute approximate surface area is 191 Å². The van der Waals surface area contributed by atoms with E-state index in [4.69, 9.17) is 32.7 Å². The molecule has 1 atom stereocenters. The first kappa shape index (κ1) is 24.5. The highest BCUT2D eigenvalue weighted by atomic mass is 35.5. The van der Waals surface area contributed by atoms with Crippen LogP contribution in [-0.4, -0.2) is 37.0 Å². The lowest BCUT2D eigenvalue weighted by atomic mass is 10.1. The van der Waals surface area contributed by atoms with E-state index in [0.29, 0.717) is 10.7 Å². The largest absolute Gasteiger partial charge is 0.477 e. The molecule has 166 valence electrons. The minimum Gasteiger partial charge on any atom is -0.477 e. The Hall–Kier alpha value is -2.77. The van der Waals surface area contributed by atoms with Crippen LogP contribution >= 0.6 is 23.2 Å². The number of anilines is 1. The summed E-state index contributed by atoms with van der Waals surface area (Å²) < 4.78 is 10.4. The number of hydrogen-bond acceptors (Lipinski definition) is 5. The molecule has 2 rings (SSSR count). The summed E-state index contributed by atoms with van der Waals surface area (Å²) >= 11 is 11.8. The van der Waals surface area contributed by atoms with Crippen LogP contribution in [0.1, 0.15) is 23.6 Å². The van der Waals surface area contributed by atoms with E-state index in [2.05, 4.69) is 10.6 Å². The number of hydrogen-bond donors (Lipinski definition) is 2. The van der Waals surface area contributed by atoms with Gasteiger partial charge >= 0.3 is 5.97 Å². The van der Waals surface area contributed by atoms with Crippen molar-refractivity contribution >= 4 is 46.7 Å². The molecule has 0 saturated heterocycles. The number of carbonyl (C=O) groups is 3. The number of benzene rings is 2. The quantitative estimate of drug-likeness (QED) is 0.573. The standard InChI is InChI=1S/C22H24Cl2N2O5/c1-12-7-13(2)21(14(3)8-12)26-19(27)10-25-20(28)11-30-22(29)15(4)31-18-6-5-16(23)9-17(18)24/h5-9,15H,10-11H2,1-4H3,(H,25,28)(H,26,27). The van der Waals surface area contributed by atoms with Gasteiger partial charge in [-0.1, -0.05) is 40.9 Å². The smallest absolute Gasteiger partial charge is 0.347 e. The average molecular weight is 467 g/mol. The van der Waals surface area contributed by atoms with E-state index >= 15 is 0 Å². The molecule has 7 nitrogen and oxygen atoms in total. The maximum absolute atomic E-state index is 12.1. The number of rotatable bonds is 8. The molecule has 0 aliphatic carbocycles. The summed E-state index contributed by atoms with van der Waals surface area (Å²) in [5.74, 6) is -1.49. The van der Waals surface area contributed by atoms with Crippen LogP contribution in [0.15, 0.2) is 30.3 Å². The van der Waals surface area contributed by atoms with Gasteiger partial charge in [0.25, 0.3) is 5.91 Å². The van der Waals surface area contributed by atoms with Crippen molar-refractivity contribution in [2.75, 3.05) is 18.5 Å². The second-order valence-corrected chi connectivity index (χ2v) is 7.88. The zero-order chi connectivity index (χ0) is 23.1. The average Bonchev–Trinajstić information content (AvgIpc) is 2.69. The van der Waals surface area contributed by atoms with Crippen LogP contribution in [0.3, 0.4) is 0 Å². The van der Waals surface area contributed by atoms with Crippen molar-refractivity contribution in [2.24, 2.45) is 0 Å². The highest BCUT2D eigenvalue weighted by molar-refractivity contribution is 6.35. The first-order valence-corrected chi connectivity index (χ1v) is 10.2. The van der Waals surface area contributed by atoms with Crippen LogP contribution < -0.4 is 15.4 Å². The number of amides is 2. The predicted molar refractivity (Wildman–Crippen MR) is 120 cm³/mol. The number of ether oxygens (including phenoxy) is 2. The molecular formula is C22H24Cl2N2O5. The number of aryl methyl sites for hydroxylation is 3. The molecule has 9 heteroatoms. The van der Waals surface area contributed by atoms with Gasteiger partial charge in [0.2, 0.25) is 5.91 Å². The van der Waals surface area contributed by atoms with Crippen molar-refractivity contribution < 1.29 is 23.9 Å². The van der Waals surface area contributed by atoms with Gasteiger partial charge in [-0.25, -0.2) is 4.79 Å². The molecule has 2 aromatic rings. The van der Waals surface area contributed by atoms with Crippen molar-refractivity contribution in [3.8, 4) is 5.75 Å². The summed E-state index contributed by atoms with van der Waals surface area (Å²) in [4.78, 5) is 36.1. The van der Waals surface area contributed by atoms with Gasteiger partial charge in [-0.3, -0.25) is 9.59 Å². The fraction of sp³-hybridized carbons (Fsp3) is 0.318. The first-order chi connectivity index (χ1) is 14.6. The van der Waals surface area contributed by atoms with Gasteiger partial charge in [-0.05, 0) is 57.0 Å². The van der Waals surface area contributed by atoms with Gasteiger partial charge in [-0.2, -0.15) is 0 Å². The van der Waals surface area contributed by atoms with Gasteiger partial charge in [-0.15, -0.1) is 0 Å². The molecule has 0 saturated carbocycles. The van der Waals surface area contributed by atoms with E-state index in [-0.39, 0.29) is 23.2 Å². The zero-order valence-corrected chi connectivity index (χ0v) is 19.2. The summed E-state index contributed by atoms with van der Waals surface area (Å²) in [6.07, 6.45) is -0.998. The van der Waals surface area contributed by atoms with Crippen molar-refractivity contribution in [3.05, 3.63) is 57.1 Å². The molecule has 0 heterocycles. The molecule has 0 aliphatic heterocycles. The maximum atomic E-state index is 12.1. The van der Waals surface area contributed by atoms with Gasteiger partial charge in [0, 0.05) is 10.7 Å². The van der Waals surface area contributed by atoms with Crippen molar-refractivity contribution in [3.63, 3.8) is 0 Å². The lowest BCUT2D eigenvalue weighted by Gasteiger charge is -2.15. The van der Waals surface area contributed by atoms with E-state index in [9.17, 15) is 14.4 Å². The summed E-state index contributed by atoms with van der Waals surface area (Å²) in [6.45, 7) is 6.43. The topological polar surface area (TPSA) is 93.7 Å². The van der Waals surface area contributed by atoms with Gasteiger partial charge < -0.3 is 20.1 Å². The number of esters is 1. The van der Waals surface area contributed by atoms with E-state index < -0.39 is 24.6 Å². The second-order valence-electron chi connectivity index (χ2n) is 7.04. The lowest BCUT2D eigenvalue weighted by Crippen LogP contribution is -2.37. The van der Waals surface area contributed by atoms with E-state index in [1.54, 1.807) is 6.07 Å². The number of carbonyl (C=O) groups excluding carboxylic acids is 3. The van der Waals surface area contributed by atoms with Crippen LogP contribution in [0.2, 0.25) is 10.0 Å². The molecule has 1 unspecified atom stereocenters. The van der Waals surface area contributed by atoms with Crippen LogP contribution in [0.4, 0.5) is 5.69 Å². The second kappa shape index (κ2) is 11.0. The lowest BCUT2D eigenvalue weighted by molar-refractivity contribution is -0.154. The monoisotopic (exact) mass is 466 g/mol. The van der Waals surface area contributed by atoms with Crippen molar-refractivity contribution in [1.82, 2.24) is 5.32 Å². The third-order valence-electron chi connectivity index (χ3n) is 4.26. The van der Waals surface area contributed by atoms with Crippen LogP contribution in [0.25, 0.3) is 0 Å². The Morgan fingerprint density at radius 2 is 1.65 bits per heavy atom. The SMILES string of the molecule is Cc1cc(C)c(NC(=O)CNC(=O)COC(=O)C(C)Oc2ccc(Cl)cc2Cl)c(C)c1. The molecule has 0 spiro atoms. The fourth-order valence-corrected chi connectivity index (χ4v) is 3.31. The van der Waals surface area contributed by atoms with E-state index in [1.807, 2.05) is 32.9 Å².